The highest BCUT2D eigenvalue weighted by molar-refractivity contribution is 5.26. The molecule has 27 heavy (non-hydrogen) atoms. The lowest BCUT2D eigenvalue weighted by molar-refractivity contribution is 0.294. The van der Waals surface area contributed by atoms with Crippen molar-refractivity contribution >= 4 is 0 Å². The van der Waals surface area contributed by atoms with Crippen LogP contribution in [0.2, 0.25) is 0 Å². The van der Waals surface area contributed by atoms with E-state index in [0.717, 1.165) is 11.8 Å². The van der Waals surface area contributed by atoms with Crippen LogP contribution in [0.1, 0.15) is 110 Å². The van der Waals surface area contributed by atoms with Gasteiger partial charge in [-0.25, -0.2) is 0 Å². The first-order valence-corrected chi connectivity index (χ1v) is 12.0. The third kappa shape index (κ3) is 9.56. The number of hydrogen-bond donors (Lipinski definition) is 0. The predicted octanol–water partition coefficient (Wildman–Crippen LogP) is 7.93. The largest absolute Gasteiger partial charge is 0.0951 e. The Balaban J connectivity index is 1.59. The normalized spacial score (nSPS) is 28.2. The van der Waals surface area contributed by atoms with Crippen molar-refractivity contribution < 1.29 is 0 Å². The first-order chi connectivity index (χ1) is 13.3. The van der Waals surface area contributed by atoms with Gasteiger partial charge in [0.2, 0.25) is 0 Å². The topological polar surface area (TPSA) is 0 Å². The van der Waals surface area contributed by atoms with Gasteiger partial charge in [-0.15, -0.1) is 0 Å². The summed E-state index contributed by atoms with van der Waals surface area (Å²) in [6.07, 6.45) is 24.6. The van der Waals surface area contributed by atoms with E-state index in [9.17, 15) is 0 Å². The van der Waals surface area contributed by atoms with Gasteiger partial charge in [-0.1, -0.05) is 82.5 Å². The monoisotopic (exact) mass is 366 g/mol. The Bertz CT molecular complexity index is 516. The zero-order valence-electron chi connectivity index (χ0n) is 18.1. The van der Waals surface area contributed by atoms with Crippen LogP contribution in [0.5, 0.6) is 0 Å². The van der Waals surface area contributed by atoms with E-state index < -0.39 is 0 Å². The maximum Gasteiger partial charge on any atom is 0.0206 e. The van der Waals surface area contributed by atoms with Crippen LogP contribution in [-0.2, 0) is 0 Å². The molecular formula is C27H42. The number of unbranched alkanes of at least 4 members (excludes halogenated alkanes) is 3. The standard InChI is InChI=1S/C27H42/c1-3-5-9-13-25-20-22-27(23-21-25)15-11-8-7-10-14-26-18-16-24(17-19-26)12-6-4-2/h7-8,24-27H,3-6,9,12-13,16-23H2,1-2H3/b8-7+. The van der Waals surface area contributed by atoms with E-state index in [2.05, 4.69) is 37.5 Å². The van der Waals surface area contributed by atoms with Crippen LogP contribution in [0.4, 0.5) is 0 Å². The number of hydrogen-bond acceptors (Lipinski definition) is 0. The van der Waals surface area contributed by atoms with Crippen LogP contribution in [0.15, 0.2) is 12.2 Å². The molecule has 0 atom stereocenters. The van der Waals surface area contributed by atoms with Gasteiger partial charge in [0.05, 0.1) is 0 Å². The SMILES string of the molecule is CCCCCC1CCC(C#C/C=C/C#CC2CCC(CCCC)CC2)CC1. The minimum Gasteiger partial charge on any atom is -0.0951 e. The summed E-state index contributed by atoms with van der Waals surface area (Å²) in [5.41, 5.74) is 0. The van der Waals surface area contributed by atoms with E-state index in [1.165, 1.54) is 96.3 Å². The van der Waals surface area contributed by atoms with Gasteiger partial charge in [-0.3, -0.25) is 0 Å². The lowest BCUT2D eigenvalue weighted by Gasteiger charge is -2.25. The third-order valence-electron chi connectivity index (χ3n) is 6.70. The van der Waals surface area contributed by atoms with Crippen molar-refractivity contribution in [3.63, 3.8) is 0 Å². The highest BCUT2D eigenvalue weighted by Gasteiger charge is 2.19. The van der Waals surface area contributed by atoms with Crippen LogP contribution >= 0.6 is 0 Å². The van der Waals surface area contributed by atoms with Gasteiger partial charge in [0.1, 0.15) is 0 Å². The quantitative estimate of drug-likeness (QED) is 0.317. The van der Waals surface area contributed by atoms with Crippen molar-refractivity contribution in [2.24, 2.45) is 23.7 Å². The average Bonchev–Trinajstić information content (AvgIpc) is 2.71. The molecule has 0 spiro atoms. The molecular weight excluding hydrogens is 324 g/mol. The van der Waals surface area contributed by atoms with Crippen molar-refractivity contribution in [3.05, 3.63) is 12.2 Å². The van der Waals surface area contributed by atoms with Gasteiger partial charge in [0.15, 0.2) is 0 Å². The average molecular weight is 367 g/mol. The van der Waals surface area contributed by atoms with E-state index in [4.69, 9.17) is 0 Å². The summed E-state index contributed by atoms with van der Waals surface area (Å²) in [5, 5.41) is 0. The second-order valence-electron chi connectivity index (χ2n) is 8.98. The molecule has 2 aliphatic rings. The van der Waals surface area contributed by atoms with E-state index in [-0.39, 0.29) is 0 Å². The summed E-state index contributed by atoms with van der Waals surface area (Å²) >= 11 is 0. The second kappa shape index (κ2) is 13.9. The van der Waals surface area contributed by atoms with Gasteiger partial charge < -0.3 is 0 Å². The Morgan fingerprint density at radius 2 is 1.04 bits per heavy atom. The molecule has 0 bridgehead atoms. The fraction of sp³-hybridized carbons (Fsp3) is 0.778. The van der Waals surface area contributed by atoms with Crippen molar-refractivity contribution in [2.45, 2.75) is 110 Å². The molecule has 0 heterocycles. The third-order valence-corrected chi connectivity index (χ3v) is 6.70. The molecule has 2 saturated carbocycles. The molecule has 0 aliphatic heterocycles. The minimum absolute atomic E-state index is 0.628. The van der Waals surface area contributed by atoms with E-state index in [1.807, 2.05) is 12.2 Å². The molecule has 0 N–H and O–H groups in total. The maximum absolute atomic E-state index is 3.47. The van der Waals surface area contributed by atoms with Crippen molar-refractivity contribution in [3.8, 4) is 23.7 Å². The van der Waals surface area contributed by atoms with Gasteiger partial charge in [-0.2, -0.15) is 0 Å². The summed E-state index contributed by atoms with van der Waals surface area (Å²) in [6.45, 7) is 4.59. The van der Waals surface area contributed by atoms with Gasteiger partial charge in [0, 0.05) is 11.8 Å². The Hall–Kier alpha value is -1.14. The molecule has 0 aromatic carbocycles. The Morgan fingerprint density at radius 1 is 0.593 bits per heavy atom. The smallest absolute Gasteiger partial charge is 0.0206 e. The highest BCUT2D eigenvalue weighted by Crippen LogP contribution is 2.32. The zero-order valence-corrected chi connectivity index (χ0v) is 18.1. The molecule has 0 heteroatoms. The van der Waals surface area contributed by atoms with Crippen LogP contribution in [-0.4, -0.2) is 0 Å². The fourth-order valence-electron chi connectivity index (χ4n) is 4.78. The molecule has 0 saturated heterocycles. The molecule has 0 aromatic heterocycles. The summed E-state index contributed by atoms with van der Waals surface area (Å²) in [6, 6.07) is 0. The first kappa shape index (κ1) is 22.2. The number of allylic oxidation sites excluding steroid dienone is 2. The Morgan fingerprint density at radius 3 is 1.48 bits per heavy atom. The van der Waals surface area contributed by atoms with Crippen LogP contribution in [0.3, 0.4) is 0 Å². The predicted molar refractivity (Wildman–Crippen MR) is 119 cm³/mol. The van der Waals surface area contributed by atoms with E-state index in [1.54, 1.807) is 0 Å². The van der Waals surface area contributed by atoms with Gasteiger partial charge in [-0.05, 0) is 75.4 Å². The molecule has 150 valence electrons. The molecule has 2 rings (SSSR count). The molecule has 2 fully saturated rings. The van der Waals surface area contributed by atoms with E-state index >= 15 is 0 Å². The lowest BCUT2D eigenvalue weighted by Crippen LogP contribution is -2.13. The summed E-state index contributed by atoms with van der Waals surface area (Å²) < 4.78 is 0. The molecule has 0 nitrogen and oxygen atoms in total. The molecule has 2 aliphatic carbocycles. The van der Waals surface area contributed by atoms with Gasteiger partial charge in [0.25, 0.3) is 0 Å². The van der Waals surface area contributed by atoms with Crippen molar-refractivity contribution in [2.75, 3.05) is 0 Å². The summed E-state index contributed by atoms with van der Waals surface area (Å²) in [7, 11) is 0. The fourth-order valence-corrected chi connectivity index (χ4v) is 4.78. The second-order valence-corrected chi connectivity index (χ2v) is 8.98. The molecule has 0 unspecified atom stereocenters. The van der Waals surface area contributed by atoms with E-state index in [0.29, 0.717) is 11.8 Å². The minimum atomic E-state index is 0.628. The van der Waals surface area contributed by atoms with Crippen LogP contribution in [0, 0.1) is 47.4 Å². The molecule has 0 amide bonds. The first-order valence-electron chi connectivity index (χ1n) is 12.0. The summed E-state index contributed by atoms with van der Waals surface area (Å²) in [4.78, 5) is 0. The van der Waals surface area contributed by atoms with Crippen LogP contribution < -0.4 is 0 Å². The Labute approximate surface area is 170 Å². The lowest BCUT2D eigenvalue weighted by atomic mass is 9.80. The van der Waals surface area contributed by atoms with Crippen molar-refractivity contribution in [1.29, 1.82) is 0 Å². The zero-order chi connectivity index (χ0) is 19.2. The highest BCUT2D eigenvalue weighted by atomic mass is 14.2. The van der Waals surface area contributed by atoms with Gasteiger partial charge >= 0.3 is 0 Å². The maximum atomic E-state index is 3.47. The Kier molecular flexibility index (Phi) is 11.4. The molecule has 0 radical (unpaired) electrons. The number of rotatable bonds is 7. The van der Waals surface area contributed by atoms with Crippen LogP contribution in [0.25, 0.3) is 0 Å². The van der Waals surface area contributed by atoms with Crippen molar-refractivity contribution in [1.82, 2.24) is 0 Å². The summed E-state index contributed by atoms with van der Waals surface area (Å²) in [5.74, 6) is 16.7. The molecule has 0 aromatic rings.